The molecular weight excluding hydrogens is 516 g/mol. The van der Waals surface area contributed by atoms with Gasteiger partial charge in [0.1, 0.15) is 11.5 Å². The van der Waals surface area contributed by atoms with E-state index in [-0.39, 0.29) is 17.4 Å². The number of benzene rings is 3. The van der Waals surface area contributed by atoms with Gasteiger partial charge in [0.15, 0.2) is 0 Å². The van der Waals surface area contributed by atoms with E-state index >= 15 is 0 Å². The molecule has 6 nitrogen and oxygen atoms in total. The van der Waals surface area contributed by atoms with Crippen LogP contribution in [0.1, 0.15) is 55.4 Å². The number of aryl methyl sites for hydroxylation is 1. The highest BCUT2D eigenvalue weighted by Crippen LogP contribution is 2.49. The number of hydrogen-bond donors (Lipinski definition) is 0. The molecule has 6 heteroatoms. The molecule has 1 aliphatic carbocycles. The summed E-state index contributed by atoms with van der Waals surface area (Å²) in [5.74, 6) is 0.910. The minimum atomic E-state index is -0.332. The summed E-state index contributed by atoms with van der Waals surface area (Å²) in [6.07, 6.45) is 9.36. The van der Waals surface area contributed by atoms with E-state index in [4.69, 9.17) is 18.9 Å². The topological polar surface area (TPSA) is 71.1 Å². The maximum atomic E-state index is 11.4. The molecule has 41 heavy (non-hydrogen) atoms. The van der Waals surface area contributed by atoms with Crippen molar-refractivity contribution >= 4 is 11.9 Å². The molecule has 0 heterocycles. The summed E-state index contributed by atoms with van der Waals surface area (Å²) in [7, 11) is 0. The van der Waals surface area contributed by atoms with E-state index < -0.39 is 0 Å². The van der Waals surface area contributed by atoms with Gasteiger partial charge >= 0.3 is 11.9 Å². The standard InChI is InChI=1S/C35H38O6/c1-3-9-33(36)40-25-7-23-38-30-17-13-28(14-18-30)35(22-21-27-11-5-6-12-32(27)35)29-15-19-31(20-16-29)39-24-8-26-41-34(37)10-4-2/h3-6,9-20H,7-8,21-26H2,1-2H3. The summed E-state index contributed by atoms with van der Waals surface area (Å²) in [5, 5.41) is 0. The number of rotatable bonds is 14. The minimum Gasteiger partial charge on any atom is -0.493 e. The Morgan fingerprint density at radius 2 is 1.17 bits per heavy atom. The molecule has 0 spiro atoms. The quantitative estimate of drug-likeness (QED) is 0.125. The lowest BCUT2D eigenvalue weighted by Crippen LogP contribution is -2.26. The zero-order valence-electron chi connectivity index (χ0n) is 23.8. The van der Waals surface area contributed by atoms with Crippen LogP contribution >= 0.6 is 0 Å². The first-order valence-corrected chi connectivity index (χ1v) is 14.2. The molecule has 4 rings (SSSR count). The van der Waals surface area contributed by atoms with Crippen molar-refractivity contribution in [1.82, 2.24) is 0 Å². The number of ether oxygens (including phenoxy) is 4. The fraction of sp³-hybridized carbons (Fsp3) is 0.314. The number of esters is 2. The lowest BCUT2D eigenvalue weighted by molar-refractivity contribution is -0.138. The van der Waals surface area contributed by atoms with E-state index in [0.29, 0.717) is 39.3 Å². The number of fused-ring (bicyclic) bond motifs is 1. The highest BCUT2D eigenvalue weighted by Gasteiger charge is 2.41. The largest absolute Gasteiger partial charge is 0.493 e. The third kappa shape index (κ3) is 7.66. The van der Waals surface area contributed by atoms with Crippen LogP contribution in [0.25, 0.3) is 0 Å². The highest BCUT2D eigenvalue weighted by molar-refractivity contribution is 5.82. The Morgan fingerprint density at radius 1 is 0.683 bits per heavy atom. The van der Waals surface area contributed by atoms with Gasteiger partial charge in [-0.2, -0.15) is 0 Å². The van der Waals surface area contributed by atoms with E-state index in [1.807, 2.05) is 24.3 Å². The van der Waals surface area contributed by atoms with Gasteiger partial charge < -0.3 is 18.9 Å². The minimum absolute atomic E-state index is 0.268. The number of hydrogen-bond acceptors (Lipinski definition) is 6. The van der Waals surface area contributed by atoms with Crippen LogP contribution in [0.15, 0.2) is 97.1 Å². The van der Waals surface area contributed by atoms with Gasteiger partial charge in [-0.05, 0) is 73.2 Å². The molecule has 0 radical (unpaired) electrons. The molecule has 3 aromatic rings. The maximum Gasteiger partial charge on any atom is 0.330 e. The third-order valence-corrected chi connectivity index (χ3v) is 7.15. The first-order valence-electron chi connectivity index (χ1n) is 14.2. The van der Waals surface area contributed by atoms with Crippen molar-refractivity contribution < 1.29 is 28.5 Å². The molecule has 3 aromatic carbocycles. The summed E-state index contributed by atoms with van der Waals surface area (Å²) >= 11 is 0. The van der Waals surface area contributed by atoms with E-state index in [1.165, 1.54) is 34.4 Å². The maximum absolute atomic E-state index is 11.4. The van der Waals surface area contributed by atoms with Crippen molar-refractivity contribution in [2.24, 2.45) is 0 Å². The molecule has 1 aliphatic rings. The molecule has 0 unspecified atom stereocenters. The zero-order chi connectivity index (χ0) is 28.9. The molecule has 0 aromatic heterocycles. The molecule has 0 bridgehead atoms. The van der Waals surface area contributed by atoms with Gasteiger partial charge in [-0.1, -0.05) is 60.7 Å². The number of carbonyl (C=O) groups excluding carboxylic acids is 2. The Balaban J connectivity index is 1.42. The lowest BCUT2D eigenvalue weighted by Gasteiger charge is -2.32. The Morgan fingerprint density at radius 3 is 1.66 bits per heavy atom. The second kappa shape index (κ2) is 14.9. The third-order valence-electron chi connectivity index (χ3n) is 7.15. The van der Waals surface area contributed by atoms with Crippen molar-refractivity contribution in [2.75, 3.05) is 26.4 Å². The van der Waals surface area contributed by atoms with Gasteiger partial charge in [-0.3, -0.25) is 0 Å². The monoisotopic (exact) mass is 554 g/mol. The van der Waals surface area contributed by atoms with Crippen LogP contribution in [0.2, 0.25) is 0 Å². The first kappa shape index (κ1) is 29.7. The van der Waals surface area contributed by atoms with Crippen LogP contribution in [-0.4, -0.2) is 38.4 Å². The Bertz CT molecular complexity index is 1260. The Kier molecular flexibility index (Phi) is 10.8. The van der Waals surface area contributed by atoms with Gasteiger partial charge in [-0.25, -0.2) is 9.59 Å². The summed E-state index contributed by atoms with van der Waals surface area (Å²) in [6, 6.07) is 25.4. The molecule has 0 atom stereocenters. The van der Waals surface area contributed by atoms with Crippen LogP contribution in [0, 0.1) is 0 Å². The first-order chi connectivity index (χ1) is 20.1. The van der Waals surface area contributed by atoms with Crippen molar-refractivity contribution in [2.45, 2.75) is 44.9 Å². The average molecular weight is 555 g/mol. The molecule has 0 N–H and O–H groups in total. The van der Waals surface area contributed by atoms with Gasteiger partial charge in [0.05, 0.1) is 26.4 Å². The molecule has 0 fully saturated rings. The second-order valence-corrected chi connectivity index (χ2v) is 9.85. The lowest BCUT2D eigenvalue weighted by atomic mass is 9.70. The summed E-state index contributed by atoms with van der Waals surface area (Å²) < 4.78 is 22.1. The normalized spacial score (nSPS) is 16.0. The molecule has 214 valence electrons. The summed E-state index contributed by atoms with van der Waals surface area (Å²) in [6.45, 7) is 5.15. The van der Waals surface area contributed by atoms with Gasteiger partial charge in [-0.15, -0.1) is 0 Å². The molecule has 0 amide bonds. The predicted molar refractivity (Wildman–Crippen MR) is 159 cm³/mol. The van der Waals surface area contributed by atoms with Crippen LogP contribution in [0.4, 0.5) is 0 Å². The van der Waals surface area contributed by atoms with Crippen LogP contribution in [0.5, 0.6) is 11.5 Å². The van der Waals surface area contributed by atoms with E-state index in [0.717, 1.165) is 24.3 Å². The van der Waals surface area contributed by atoms with Crippen molar-refractivity contribution in [3.63, 3.8) is 0 Å². The molecule has 0 aliphatic heterocycles. The Labute approximate surface area is 242 Å². The smallest absolute Gasteiger partial charge is 0.330 e. The fourth-order valence-corrected chi connectivity index (χ4v) is 5.26. The number of allylic oxidation sites excluding steroid dienone is 2. The predicted octanol–water partition coefficient (Wildman–Crippen LogP) is 6.74. The van der Waals surface area contributed by atoms with Crippen molar-refractivity contribution in [1.29, 1.82) is 0 Å². The highest BCUT2D eigenvalue weighted by atomic mass is 16.5. The van der Waals surface area contributed by atoms with Gasteiger partial charge in [0, 0.05) is 30.4 Å². The van der Waals surface area contributed by atoms with Crippen molar-refractivity contribution in [3.05, 3.63) is 119 Å². The second-order valence-electron chi connectivity index (χ2n) is 9.85. The van der Waals surface area contributed by atoms with Gasteiger partial charge in [0.25, 0.3) is 0 Å². The van der Waals surface area contributed by atoms with E-state index in [2.05, 4.69) is 48.5 Å². The SMILES string of the molecule is CC=CC(=O)OCCCOc1ccc(C2(c3ccc(OCCCOC(=O)C=CC)cc3)CCc3ccccc32)cc1. The summed E-state index contributed by atoms with van der Waals surface area (Å²) in [4.78, 5) is 22.9. The van der Waals surface area contributed by atoms with Crippen LogP contribution in [-0.2, 0) is 30.9 Å². The van der Waals surface area contributed by atoms with Crippen LogP contribution in [0.3, 0.4) is 0 Å². The summed E-state index contributed by atoms with van der Waals surface area (Å²) in [5.41, 5.74) is 4.86. The van der Waals surface area contributed by atoms with E-state index in [9.17, 15) is 9.59 Å². The molecule has 0 saturated carbocycles. The zero-order valence-corrected chi connectivity index (χ0v) is 23.8. The van der Waals surface area contributed by atoms with Crippen LogP contribution < -0.4 is 9.47 Å². The van der Waals surface area contributed by atoms with E-state index in [1.54, 1.807) is 26.0 Å². The number of carbonyl (C=O) groups is 2. The average Bonchev–Trinajstić information content (AvgIpc) is 3.38. The molecular formula is C35H38O6. The van der Waals surface area contributed by atoms with Gasteiger partial charge in [0.2, 0.25) is 0 Å². The molecule has 0 saturated heterocycles. The fourth-order valence-electron chi connectivity index (χ4n) is 5.26. The Hall–Kier alpha value is -4.32. The van der Waals surface area contributed by atoms with Crippen molar-refractivity contribution in [3.8, 4) is 11.5 Å².